The summed E-state index contributed by atoms with van der Waals surface area (Å²) in [7, 11) is -3.93. The molecule has 24 heavy (non-hydrogen) atoms. The molecule has 124 valence electrons. The molecule has 0 radical (unpaired) electrons. The van der Waals surface area contributed by atoms with Gasteiger partial charge >= 0.3 is 0 Å². The molecule has 2 aliphatic rings. The van der Waals surface area contributed by atoms with Crippen LogP contribution in [0.15, 0.2) is 53.4 Å². The number of sulfonamides is 1. The summed E-state index contributed by atoms with van der Waals surface area (Å²) in [6.07, 6.45) is 1.87. The molecule has 2 aromatic carbocycles. The maximum atomic E-state index is 13.1. The number of halogens is 1. The number of carbonyl (C=O) groups excluding carboxylic acids is 1. The van der Waals surface area contributed by atoms with Crippen molar-refractivity contribution in [3.05, 3.63) is 54.3 Å². The first-order valence-corrected chi connectivity index (χ1v) is 9.12. The van der Waals surface area contributed by atoms with Crippen LogP contribution < -0.4 is 9.21 Å². The van der Waals surface area contributed by atoms with Crippen molar-refractivity contribution >= 4 is 27.3 Å². The maximum absolute atomic E-state index is 13.1. The van der Waals surface area contributed by atoms with Crippen molar-refractivity contribution in [2.75, 3.05) is 15.7 Å². The number of rotatable bonds is 3. The van der Waals surface area contributed by atoms with Crippen LogP contribution in [0.5, 0.6) is 0 Å². The van der Waals surface area contributed by atoms with E-state index in [0.717, 1.165) is 29.3 Å². The van der Waals surface area contributed by atoms with Gasteiger partial charge in [0.15, 0.2) is 0 Å². The molecule has 4 rings (SSSR count). The monoisotopic (exact) mass is 346 g/mol. The highest BCUT2D eigenvalue weighted by Gasteiger charge is 2.42. The second-order valence-corrected chi connectivity index (χ2v) is 7.81. The largest absolute Gasteiger partial charge is 0.306 e. The van der Waals surface area contributed by atoms with Crippen molar-refractivity contribution in [2.24, 2.45) is 0 Å². The van der Waals surface area contributed by atoms with E-state index in [1.54, 1.807) is 29.2 Å². The molecule has 5 nitrogen and oxygen atoms in total. The molecular weight excluding hydrogens is 331 g/mol. The quantitative estimate of drug-likeness (QED) is 0.858. The fourth-order valence-corrected chi connectivity index (χ4v) is 4.41. The van der Waals surface area contributed by atoms with E-state index in [1.807, 2.05) is 0 Å². The Kier molecular flexibility index (Phi) is 3.35. The average molecular weight is 346 g/mol. The number of carbonyl (C=O) groups is 1. The molecular formula is C17H15FN2O3S. The first-order chi connectivity index (χ1) is 11.5. The molecule has 1 heterocycles. The fraction of sp³-hybridized carbons (Fsp3) is 0.235. The van der Waals surface area contributed by atoms with Crippen molar-refractivity contribution < 1.29 is 17.6 Å². The molecule has 0 saturated heterocycles. The number of amides is 1. The van der Waals surface area contributed by atoms with Crippen LogP contribution in [0.3, 0.4) is 0 Å². The summed E-state index contributed by atoms with van der Waals surface area (Å²) >= 11 is 0. The first-order valence-electron chi connectivity index (χ1n) is 7.68. The predicted molar refractivity (Wildman–Crippen MR) is 87.9 cm³/mol. The van der Waals surface area contributed by atoms with Gasteiger partial charge in [-0.2, -0.15) is 0 Å². The molecule has 0 bridgehead atoms. The van der Waals surface area contributed by atoms with Crippen molar-refractivity contribution in [1.29, 1.82) is 0 Å². The molecule has 0 spiro atoms. The fourth-order valence-electron chi connectivity index (χ4n) is 2.98. The summed E-state index contributed by atoms with van der Waals surface area (Å²) in [4.78, 5) is 14.2. The highest BCUT2D eigenvalue weighted by Crippen LogP contribution is 2.42. The maximum Gasteiger partial charge on any atom is 0.264 e. The average Bonchev–Trinajstić information content (AvgIpc) is 3.39. The normalized spacial score (nSPS) is 17.8. The zero-order valence-corrected chi connectivity index (χ0v) is 13.5. The Morgan fingerprint density at radius 2 is 1.58 bits per heavy atom. The van der Waals surface area contributed by atoms with Crippen molar-refractivity contribution in [3.63, 3.8) is 0 Å². The summed E-state index contributed by atoms with van der Waals surface area (Å²) < 4.78 is 40.1. The zero-order chi connectivity index (χ0) is 16.9. The van der Waals surface area contributed by atoms with Crippen LogP contribution in [0.4, 0.5) is 15.8 Å². The SMILES string of the molecule is O=C1CN(S(=O)(=O)c2ccc(F)cc2)c2ccccc2N1C1CC1. The van der Waals surface area contributed by atoms with Crippen LogP contribution in [-0.4, -0.2) is 26.9 Å². The highest BCUT2D eigenvalue weighted by molar-refractivity contribution is 7.92. The lowest BCUT2D eigenvalue weighted by Crippen LogP contribution is -2.48. The van der Waals surface area contributed by atoms with E-state index in [9.17, 15) is 17.6 Å². The molecule has 0 aromatic heterocycles. The van der Waals surface area contributed by atoms with Crippen LogP contribution in [0, 0.1) is 5.82 Å². The van der Waals surface area contributed by atoms with Gasteiger partial charge in [0, 0.05) is 6.04 Å². The molecule has 1 saturated carbocycles. The van der Waals surface area contributed by atoms with Gasteiger partial charge in [0.1, 0.15) is 12.4 Å². The van der Waals surface area contributed by atoms with Crippen LogP contribution in [0.25, 0.3) is 0 Å². The Labute approximate surface area is 139 Å². The van der Waals surface area contributed by atoms with Crippen LogP contribution in [0.1, 0.15) is 12.8 Å². The molecule has 0 unspecified atom stereocenters. The van der Waals surface area contributed by atoms with Crippen LogP contribution >= 0.6 is 0 Å². The van der Waals surface area contributed by atoms with E-state index in [4.69, 9.17) is 0 Å². The van der Waals surface area contributed by atoms with Gasteiger partial charge in [-0.15, -0.1) is 0 Å². The Morgan fingerprint density at radius 1 is 0.958 bits per heavy atom. The van der Waals surface area contributed by atoms with E-state index < -0.39 is 15.8 Å². The van der Waals surface area contributed by atoms with Crippen molar-refractivity contribution in [2.45, 2.75) is 23.8 Å². The number of fused-ring (bicyclic) bond motifs is 1. The number of nitrogens with zero attached hydrogens (tertiary/aromatic N) is 2. The Bertz CT molecular complexity index is 908. The van der Waals surface area contributed by atoms with E-state index in [1.165, 1.54) is 12.1 Å². The topological polar surface area (TPSA) is 57.7 Å². The van der Waals surface area contributed by atoms with E-state index >= 15 is 0 Å². The predicted octanol–water partition coefficient (Wildman–Crippen LogP) is 2.53. The number of anilines is 2. The minimum Gasteiger partial charge on any atom is -0.306 e. The molecule has 0 atom stereocenters. The number of benzene rings is 2. The summed E-state index contributed by atoms with van der Waals surface area (Å²) in [6.45, 7) is -0.243. The molecule has 1 fully saturated rings. The van der Waals surface area contributed by atoms with Gasteiger partial charge in [0.05, 0.1) is 16.3 Å². The number of para-hydroxylation sites is 2. The molecule has 1 aliphatic heterocycles. The number of hydrogen-bond donors (Lipinski definition) is 0. The molecule has 7 heteroatoms. The van der Waals surface area contributed by atoms with Gasteiger partial charge in [-0.05, 0) is 49.2 Å². The third-order valence-electron chi connectivity index (χ3n) is 4.27. The lowest BCUT2D eigenvalue weighted by atomic mass is 10.2. The summed E-state index contributed by atoms with van der Waals surface area (Å²) in [5, 5.41) is 0. The lowest BCUT2D eigenvalue weighted by Gasteiger charge is -2.36. The van der Waals surface area contributed by atoms with Crippen LogP contribution in [0.2, 0.25) is 0 Å². The molecule has 1 aliphatic carbocycles. The van der Waals surface area contributed by atoms with E-state index in [2.05, 4.69) is 0 Å². The van der Waals surface area contributed by atoms with Gasteiger partial charge in [0.25, 0.3) is 10.0 Å². The second kappa shape index (κ2) is 5.31. The van der Waals surface area contributed by atoms with E-state index in [-0.39, 0.29) is 23.4 Å². The Balaban J connectivity index is 1.82. The molecule has 2 aromatic rings. The van der Waals surface area contributed by atoms with E-state index in [0.29, 0.717) is 11.4 Å². The lowest BCUT2D eigenvalue weighted by molar-refractivity contribution is -0.117. The van der Waals surface area contributed by atoms with Crippen LogP contribution in [-0.2, 0) is 14.8 Å². The Hall–Kier alpha value is -2.41. The standard InChI is InChI=1S/C17H15FN2O3S/c18-12-5-9-14(10-6-12)24(22,23)19-11-17(21)20(13-7-8-13)16-4-2-1-3-15(16)19/h1-6,9-10,13H,7-8,11H2. The van der Waals surface area contributed by atoms with Crippen molar-refractivity contribution in [3.8, 4) is 0 Å². The second-order valence-electron chi connectivity index (χ2n) is 5.95. The minimum atomic E-state index is -3.93. The molecule has 1 amide bonds. The summed E-state index contributed by atoms with van der Waals surface area (Å²) in [6, 6.07) is 11.8. The van der Waals surface area contributed by atoms with Gasteiger partial charge < -0.3 is 4.90 Å². The minimum absolute atomic E-state index is 0.0358. The van der Waals surface area contributed by atoms with Gasteiger partial charge in [-0.3, -0.25) is 9.10 Å². The zero-order valence-electron chi connectivity index (χ0n) is 12.7. The highest BCUT2D eigenvalue weighted by atomic mass is 32.2. The Morgan fingerprint density at radius 3 is 2.21 bits per heavy atom. The van der Waals surface area contributed by atoms with Gasteiger partial charge in [-0.25, -0.2) is 12.8 Å². The molecule has 0 N–H and O–H groups in total. The summed E-state index contributed by atoms with van der Waals surface area (Å²) in [5.41, 5.74) is 1.09. The first kappa shape index (κ1) is 15.1. The summed E-state index contributed by atoms with van der Waals surface area (Å²) in [5.74, 6) is -0.745. The van der Waals surface area contributed by atoms with Crippen molar-refractivity contribution in [1.82, 2.24) is 0 Å². The van der Waals surface area contributed by atoms with Gasteiger partial charge in [0.2, 0.25) is 5.91 Å². The third-order valence-corrected chi connectivity index (χ3v) is 6.05. The smallest absolute Gasteiger partial charge is 0.264 e. The third kappa shape index (κ3) is 2.36. The van der Waals surface area contributed by atoms with Gasteiger partial charge in [-0.1, -0.05) is 12.1 Å². The number of hydrogen-bond acceptors (Lipinski definition) is 3.